The third kappa shape index (κ3) is 2.72. The van der Waals surface area contributed by atoms with Crippen LogP contribution in [0.3, 0.4) is 0 Å². The summed E-state index contributed by atoms with van der Waals surface area (Å²) in [7, 11) is 3.79. The summed E-state index contributed by atoms with van der Waals surface area (Å²) in [5.41, 5.74) is 9.25. The van der Waals surface area contributed by atoms with Crippen molar-refractivity contribution < 1.29 is 4.74 Å². The molecular formula is C14H24N2O. The number of nitrogens with zero attached hydrogens (tertiary/aromatic N) is 1. The van der Waals surface area contributed by atoms with E-state index < -0.39 is 0 Å². The lowest BCUT2D eigenvalue weighted by molar-refractivity contribution is 0.408. The number of likely N-dealkylation sites (N-methyl/N-ethyl adjacent to an activating group) is 1. The van der Waals surface area contributed by atoms with E-state index in [-0.39, 0.29) is 5.54 Å². The van der Waals surface area contributed by atoms with E-state index in [1.54, 1.807) is 7.11 Å². The number of hydrogen-bond acceptors (Lipinski definition) is 3. The number of hydrogen-bond donors (Lipinski definition) is 1. The first-order chi connectivity index (χ1) is 7.83. The predicted molar refractivity (Wildman–Crippen MR) is 74.0 cm³/mol. The largest absolute Gasteiger partial charge is 0.496 e. The van der Waals surface area contributed by atoms with Crippen LogP contribution in [0.15, 0.2) is 12.1 Å². The molecule has 0 heterocycles. The summed E-state index contributed by atoms with van der Waals surface area (Å²) in [6, 6.07) is 4.28. The highest BCUT2D eigenvalue weighted by molar-refractivity contribution is 5.57. The van der Waals surface area contributed by atoms with Crippen LogP contribution in [0.1, 0.15) is 25.0 Å². The molecule has 0 aliphatic rings. The molecule has 2 N–H and O–H groups in total. The summed E-state index contributed by atoms with van der Waals surface area (Å²) >= 11 is 0. The van der Waals surface area contributed by atoms with Gasteiger partial charge in [0.05, 0.1) is 7.11 Å². The molecule has 0 spiro atoms. The average molecular weight is 236 g/mol. The molecule has 3 heteroatoms. The standard InChI is InChI=1S/C14H24N2O/c1-10-7-12(8-11(2)13(10)17-6)16(5)14(3,4)9-15/h7-8H,9,15H2,1-6H3. The second-order valence-electron chi connectivity index (χ2n) is 5.19. The lowest BCUT2D eigenvalue weighted by atomic mass is 10.0. The van der Waals surface area contributed by atoms with Crippen LogP contribution in [-0.4, -0.2) is 26.2 Å². The van der Waals surface area contributed by atoms with Crippen molar-refractivity contribution in [2.45, 2.75) is 33.2 Å². The fraction of sp³-hybridized carbons (Fsp3) is 0.571. The van der Waals surface area contributed by atoms with Crippen molar-refractivity contribution in [2.75, 3.05) is 25.6 Å². The zero-order valence-electron chi connectivity index (χ0n) is 11.8. The van der Waals surface area contributed by atoms with Crippen LogP contribution in [0, 0.1) is 13.8 Å². The maximum Gasteiger partial charge on any atom is 0.124 e. The second-order valence-corrected chi connectivity index (χ2v) is 5.19. The van der Waals surface area contributed by atoms with Crippen LogP contribution in [0.25, 0.3) is 0 Å². The van der Waals surface area contributed by atoms with Crippen LogP contribution in [0.4, 0.5) is 5.69 Å². The normalized spacial score (nSPS) is 11.5. The summed E-state index contributed by atoms with van der Waals surface area (Å²) in [5.74, 6) is 0.965. The van der Waals surface area contributed by atoms with Gasteiger partial charge in [-0.25, -0.2) is 0 Å². The van der Waals surface area contributed by atoms with Gasteiger partial charge in [0.2, 0.25) is 0 Å². The minimum atomic E-state index is -0.0481. The number of ether oxygens (including phenoxy) is 1. The smallest absolute Gasteiger partial charge is 0.124 e. The van der Waals surface area contributed by atoms with Gasteiger partial charge in [0.25, 0.3) is 0 Å². The fourth-order valence-corrected chi connectivity index (χ4v) is 1.93. The van der Waals surface area contributed by atoms with Gasteiger partial charge in [-0.2, -0.15) is 0 Å². The highest BCUT2D eigenvalue weighted by Gasteiger charge is 2.22. The third-order valence-electron chi connectivity index (χ3n) is 3.44. The van der Waals surface area contributed by atoms with Gasteiger partial charge in [-0.1, -0.05) is 0 Å². The van der Waals surface area contributed by atoms with E-state index in [0.29, 0.717) is 6.54 Å². The minimum absolute atomic E-state index is 0.0481. The zero-order chi connectivity index (χ0) is 13.2. The van der Waals surface area contributed by atoms with Gasteiger partial charge in [-0.15, -0.1) is 0 Å². The molecule has 0 bridgehead atoms. The van der Waals surface area contributed by atoms with E-state index in [1.165, 1.54) is 5.69 Å². The van der Waals surface area contributed by atoms with E-state index in [4.69, 9.17) is 10.5 Å². The molecule has 0 atom stereocenters. The molecule has 0 aliphatic carbocycles. The van der Waals surface area contributed by atoms with E-state index in [2.05, 4.69) is 51.8 Å². The first kappa shape index (κ1) is 13.8. The Balaban J connectivity index is 3.17. The van der Waals surface area contributed by atoms with Crippen molar-refractivity contribution >= 4 is 5.69 Å². The predicted octanol–water partition coefficient (Wildman–Crippen LogP) is 2.49. The van der Waals surface area contributed by atoms with Gasteiger partial charge in [-0.05, 0) is 51.0 Å². The van der Waals surface area contributed by atoms with Crippen molar-refractivity contribution in [1.82, 2.24) is 0 Å². The summed E-state index contributed by atoms with van der Waals surface area (Å²) in [6.07, 6.45) is 0. The molecule has 0 aromatic heterocycles. The van der Waals surface area contributed by atoms with Gasteiger partial charge >= 0.3 is 0 Å². The zero-order valence-corrected chi connectivity index (χ0v) is 11.8. The number of methoxy groups -OCH3 is 1. The Hall–Kier alpha value is -1.22. The molecule has 0 unspecified atom stereocenters. The average Bonchev–Trinajstić information content (AvgIpc) is 2.27. The highest BCUT2D eigenvalue weighted by atomic mass is 16.5. The monoisotopic (exact) mass is 236 g/mol. The second kappa shape index (κ2) is 4.96. The minimum Gasteiger partial charge on any atom is -0.496 e. The van der Waals surface area contributed by atoms with Crippen LogP contribution in [0.5, 0.6) is 5.75 Å². The number of benzene rings is 1. The number of aryl methyl sites for hydroxylation is 2. The highest BCUT2D eigenvalue weighted by Crippen LogP contribution is 2.30. The van der Waals surface area contributed by atoms with Crippen LogP contribution in [0.2, 0.25) is 0 Å². The maximum atomic E-state index is 5.81. The molecule has 0 radical (unpaired) electrons. The molecule has 96 valence electrons. The molecule has 1 rings (SSSR count). The van der Waals surface area contributed by atoms with Crippen molar-refractivity contribution in [3.05, 3.63) is 23.3 Å². The third-order valence-corrected chi connectivity index (χ3v) is 3.44. The summed E-state index contributed by atoms with van der Waals surface area (Å²) in [5, 5.41) is 0. The molecule has 0 saturated carbocycles. The van der Waals surface area contributed by atoms with Crippen LogP contribution < -0.4 is 15.4 Å². The Labute approximate surface area is 105 Å². The molecule has 0 saturated heterocycles. The fourth-order valence-electron chi connectivity index (χ4n) is 1.93. The van der Waals surface area contributed by atoms with Crippen molar-refractivity contribution in [2.24, 2.45) is 5.73 Å². The summed E-state index contributed by atoms with van der Waals surface area (Å²) in [6.45, 7) is 9.04. The molecule has 0 aliphatic heterocycles. The van der Waals surface area contributed by atoms with E-state index in [1.807, 2.05) is 0 Å². The lowest BCUT2D eigenvalue weighted by Gasteiger charge is -2.37. The number of nitrogens with two attached hydrogens (primary N) is 1. The molecular weight excluding hydrogens is 212 g/mol. The quantitative estimate of drug-likeness (QED) is 0.873. The summed E-state index contributed by atoms with van der Waals surface area (Å²) in [4.78, 5) is 2.21. The van der Waals surface area contributed by atoms with Gasteiger partial charge in [0, 0.05) is 24.8 Å². The maximum absolute atomic E-state index is 5.81. The Kier molecular flexibility index (Phi) is 4.04. The molecule has 1 aromatic rings. The number of anilines is 1. The Morgan fingerprint density at radius 2 is 1.71 bits per heavy atom. The van der Waals surface area contributed by atoms with Crippen LogP contribution in [-0.2, 0) is 0 Å². The molecule has 17 heavy (non-hydrogen) atoms. The van der Waals surface area contributed by atoms with E-state index in [0.717, 1.165) is 16.9 Å². The Morgan fingerprint density at radius 3 is 2.06 bits per heavy atom. The van der Waals surface area contributed by atoms with Crippen molar-refractivity contribution in [3.8, 4) is 5.75 Å². The first-order valence-electron chi connectivity index (χ1n) is 5.92. The lowest BCUT2D eigenvalue weighted by Crippen LogP contribution is -2.47. The first-order valence-corrected chi connectivity index (χ1v) is 5.92. The molecule has 3 nitrogen and oxygen atoms in total. The van der Waals surface area contributed by atoms with E-state index in [9.17, 15) is 0 Å². The van der Waals surface area contributed by atoms with Gasteiger partial charge in [-0.3, -0.25) is 0 Å². The molecule has 1 aromatic carbocycles. The Bertz CT molecular complexity index is 376. The molecule has 0 fully saturated rings. The topological polar surface area (TPSA) is 38.5 Å². The molecule has 0 amide bonds. The van der Waals surface area contributed by atoms with Crippen molar-refractivity contribution in [3.63, 3.8) is 0 Å². The Morgan fingerprint density at radius 1 is 1.24 bits per heavy atom. The van der Waals surface area contributed by atoms with Gasteiger partial charge in [0.15, 0.2) is 0 Å². The summed E-state index contributed by atoms with van der Waals surface area (Å²) < 4.78 is 5.38. The van der Waals surface area contributed by atoms with Gasteiger partial charge < -0.3 is 15.4 Å². The van der Waals surface area contributed by atoms with E-state index >= 15 is 0 Å². The SMILES string of the molecule is COc1c(C)cc(N(C)C(C)(C)CN)cc1C. The van der Waals surface area contributed by atoms with Crippen molar-refractivity contribution in [1.29, 1.82) is 0 Å². The van der Waals surface area contributed by atoms with Crippen LogP contribution >= 0.6 is 0 Å². The number of rotatable bonds is 4. The van der Waals surface area contributed by atoms with Gasteiger partial charge in [0.1, 0.15) is 5.75 Å².